The number of rotatable bonds is 4. The number of carbonyl (C=O) groups is 1. The van der Waals surface area contributed by atoms with Crippen molar-refractivity contribution in [3.8, 4) is 5.75 Å². The molecule has 0 radical (unpaired) electrons. The Morgan fingerprint density at radius 1 is 1.09 bits per heavy atom. The molecule has 1 heterocycles. The van der Waals surface area contributed by atoms with Gasteiger partial charge in [0.05, 0.1) is 13.7 Å². The zero-order chi connectivity index (χ0) is 16.4. The van der Waals surface area contributed by atoms with Gasteiger partial charge >= 0.3 is 0 Å². The molecule has 2 aromatic carbocycles. The summed E-state index contributed by atoms with van der Waals surface area (Å²) in [6, 6.07) is 14.5. The summed E-state index contributed by atoms with van der Waals surface area (Å²) in [5, 5.41) is 1.37. The number of nitrogens with zero attached hydrogens (tertiary/aromatic N) is 1. The molecule has 3 aromatic rings. The monoisotopic (exact) mass is 307 g/mol. The molecule has 0 aliphatic carbocycles. The maximum atomic E-state index is 12.5. The van der Waals surface area contributed by atoms with Gasteiger partial charge in [-0.1, -0.05) is 29.8 Å². The van der Waals surface area contributed by atoms with Crippen molar-refractivity contribution < 1.29 is 9.53 Å². The Morgan fingerprint density at radius 3 is 2.52 bits per heavy atom. The minimum atomic E-state index is -0.175. The van der Waals surface area contributed by atoms with Crippen molar-refractivity contribution in [1.29, 1.82) is 0 Å². The van der Waals surface area contributed by atoms with Crippen LogP contribution >= 0.6 is 0 Å². The lowest BCUT2D eigenvalue weighted by molar-refractivity contribution is 0.0971. The van der Waals surface area contributed by atoms with E-state index in [2.05, 4.69) is 0 Å². The third-order valence-corrected chi connectivity index (χ3v) is 3.87. The molecule has 0 saturated heterocycles. The van der Waals surface area contributed by atoms with Crippen LogP contribution in [0.4, 0.5) is 0 Å². The number of aryl methyl sites for hydroxylation is 1. The van der Waals surface area contributed by atoms with E-state index in [9.17, 15) is 9.59 Å². The predicted octanol–water partition coefficient (Wildman–Crippen LogP) is 3.20. The molecule has 3 rings (SSSR count). The van der Waals surface area contributed by atoms with Gasteiger partial charge in [0, 0.05) is 17.1 Å². The first-order valence-electron chi connectivity index (χ1n) is 7.35. The number of hydrogen-bond donors (Lipinski definition) is 0. The number of aromatic nitrogens is 1. The lowest BCUT2D eigenvalue weighted by Gasteiger charge is -2.08. The Bertz CT molecular complexity index is 923. The summed E-state index contributed by atoms with van der Waals surface area (Å²) in [4.78, 5) is 24.9. The van der Waals surface area contributed by atoms with Crippen LogP contribution in [0.3, 0.4) is 0 Å². The first-order valence-corrected chi connectivity index (χ1v) is 7.35. The van der Waals surface area contributed by atoms with Gasteiger partial charge in [-0.15, -0.1) is 0 Å². The number of methoxy groups -OCH3 is 1. The molecule has 23 heavy (non-hydrogen) atoms. The molecule has 0 fully saturated rings. The molecular weight excluding hydrogens is 290 g/mol. The summed E-state index contributed by atoms with van der Waals surface area (Å²) in [6.45, 7) is 2.00. The molecular formula is C19H17NO3. The van der Waals surface area contributed by atoms with E-state index in [0.29, 0.717) is 16.7 Å². The minimum absolute atomic E-state index is 0.0316. The van der Waals surface area contributed by atoms with E-state index in [4.69, 9.17) is 4.74 Å². The van der Waals surface area contributed by atoms with Crippen LogP contribution in [0.2, 0.25) is 0 Å². The first kappa shape index (κ1) is 15.0. The number of carbonyl (C=O) groups excluding carboxylic acids is 1. The van der Waals surface area contributed by atoms with E-state index in [-0.39, 0.29) is 17.9 Å². The van der Waals surface area contributed by atoms with E-state index in [1.807, 2.05) is 31.2 Å². The topological polar surface area (TPSA) is 48.3 Å². The third-order valence-electron chi connectivity index (χ3n) is 3.87. The normalized spacial score (nSPS) is 10.7. The van der Waals surface area contributed by atoms with E-state index < -0.39 is 0 Å². The molecule has 0 N–H and O–H groups in total. The van der Waals surface area contributed by atoms with Gasteiger partial charge in [0.25, 0.3) is 5.56 Å². The van der Waals surface area contributed by atoms with Gasteiger partial charge in [0.1, 0.15) is 5.75 Å². The molecule has 0 saturated carbocycles. The summed E-state index contributed by atoms with van der Waals surface area (Å²) in [5.74, 6) is 0.616. The standard InChI is InChI=1S/C19H17NO3/c1-13-3-5-14(6-4-13)18(21)12-20-10-9-15-11-16(23-2)7-8-17(15)19(20)22/h3-11H,12H2,1-2H3. The summed E-state index contributed by atoms with van der Waals surface area (Å²) in [7, 11) is 1.59. The molecule has 4 nitrogen and oxygen atoms in total. The molecule has 0 spiro atoms. The van der Waals surface area contributed by atoms with Crippen LogP contribution in [-0.2, 0) is 6.54 Å². The predicted molar refractivity (Wildman–Crippen MR) is 90.3 cm³/mol. The number of ether oxygens (including phenoxy) is 1. The number of pyridine rings is 1. The Balaban J connectivity index is 1.94. The summed E-state index contributed by atoms with van der Waals surface area (Å²) < 4.78 is 6.60. The highest BCUT2D eigenvalue weighted by Gasteiger charge is 2.10. The SMILES string of the molecule is COc1ccc2c(=O)n(CC(=O)c3ccc(C)cc3)ccc2c1. The van der Waals surface area contributed by atoms with Crippen molar-refractivity contribution in [3.63, 3.8) is 0 Å². The van der Waals surface area contributed by atoms with E-state index in [0.717, 1.165) is 10.9 Å². The molecule has 0 bridgehead atoms. The Kier molecular flexibility index (Phi) is 3.98. The average molecular weight is 307 g/mol. The van der Waals surface area contributed by atoms with Crippen LogP contribution < -0.4 is 10.3 Å². The van der Waals surface area contributed by atoms with Gasteiger partial charge < -0.3 is 9.30 Å². The Hall–Kier alpha value is -2.88. The molecule has 4 heteroatoms. The van der Waals surface area contributed by atoms with Gasteiger partial charge in [-0.2, -0.15) is 0 Å². The second-order valence-corrected chi connectivity index (χ2v) is 5.49. The van der Waals surface area contributed by atoms with Crippen molar-refractivity contribution in [2.45, 2.75) is 13.5 Å². The van der Waals surface area contributed by atoms with Crippen LogP contribution in [0, 0.1) is 6.92 Å². The number of fused-ring (bicyclic) bond motifs is 1. The zero-order valence-corrected chi connectivity index (χ0v) is 13.1. The zero-order valence-electron chi connectivity index (χ0n) is 13.1. The second-order valence-electron chi connectivity index (χ2n) is 5.49. The molecule has 0 unspecified atom stereocenters. The Labute approximate surface area is 133 Å². The van der Waals surface area contributed by atoms with Crippen LogP contribution in [0.1, 0.15) is 15.9 Å². The highest BCUT2D eigenvalue weighted by atomic mass is 16.5. The maximum Gasteiger partial charge on any atom is 0.258 e. The number of hydrogen-bond acceptors (Lipinski definition) is 3. The van der Waals surface area contributed by atoms with Gasteiger partial charge in [0.15, 0.2) is 5.78 Å². The lowest BCUT2D eigenvalue weighted by atomic mass is 10.1. The van der Waals surface area contributed by atoms with E-state index in [1.165, 1.54) is 4.57 Å². The van der Waals surface area contributed by atoms with E-state index in [1.54, 1.807) is 37.6 Å². The quantitative estimate of drug-likeness (QED) is 0.695. The van der Waals surface area contributed by atoms with Gasteiger partial charge in [-0.25, -0.2) is 0 Å². The van der Waals surface area contributed by atoms with Crippen molar-refractivity contribution in [1.82, 2.24) is 4.57 Å². The summed E-state index contributed by atoms with van der Waals surface area (Å²) in [6.07, 6.45) is 1.65. The van der Waals surface area contributed by atoms with Crippen molar-refractivity contribution in [2.24, 2.45) is 0 Å². The number of benzene rings is 2. The van der Waals surface area contributed by atoms with Crippen LogP contribution in [0.25, 0.3) is 10.8 Å². The number of Topliss-reactive ketones (excluding diaryl/α,β-unsaturated/α-hetero) is 1. The van der Waals surface area contributed by atoms with Crippen LogP contribution in [0.5, 0.6) is 5.75 Å². The van der Waals surface area contributed by atoms with Crippen LogP contribution in [0.15, 0.2) is 59.5 Å². The van der Waals surface area contributed by atoms with Gasteiger partial charge in [0.2, 0.25) is 0 Å². The Morgan fingerprint density at radius 2 is 1.83 bits per heavy atom. The third kappa shape index (κ3) is 3.01. The van der Waals surface area contributed by atoms with Crippen molar-refractivity contribution >= 4 is 16.6 Å². The fourth-order valence-electron chi connectivity index (χ4n) is 2.50. The molecule has 0 aliphatic heterocycles. The van der Waals surface area contributed by atoms with Crippen molar-refractivity contribution in [3.05, 3.63) is 76.2 Å². The van der Waals surface area contributed by atoms with Gasteiger partial charge in [-0.05, 0) is 36.6 Å². The summed E-state index contributed by atoms with van der Waals surface area (Å²) in [5.41, 5.74) is 1.53. The maximum absolute atomic E-state index is 12.5. The number of ketones is 1. The summed E-state index contributed by atoms with van der Waals surface area (Å²) >= 11 is 0. The largest absolute Gasteiger partial charge is 0.497 e. The lowest BCUT2D eigenvalue weighted by Crippen LogP contribution is -2.23. The molecule has 116 valence electrons. The highest BCUT2D eigenvalue weighted by molar-refractivity contribution is 5.96. The molecule has 0 amide bonds. The molecule has 0 aliphatic rings. The minimum Gasteiger partial charge on any atom is -0.497 e. The average Bonchev–Trinajstić information content (AvgIpc) is 2.57. The fourth-order valence-corrected chi connectivity index (χ4v) is 2.50. The first-order chi connectivity index (χ1) is 11.1. The smallest absolute Gasteiger partial charge is 0.258 e. The fraction of sp³-hybridized carbons (Fsp3) is 0.158. The molecule has 1 aromatic heterocycles. The second kappa shape index (κ2) is 6.08. The molecule has 0 atom stereocenters. The van der Waals surface area contributed by atoms with Crippen molar-refractivity contribution in [2.75, 3.05) is 7.11 Å². The highest BCUT2D eigenvalue weighted by Crippen LogP contribution is 2.17. The van der Waals surface area contributed by atoms with Gasteiger partial charge in [-0.3, -0.25) is 9.59 Å². The van der Waals surface area contributed by atoms with E-state index >= 15 is 0 Å². The van der Waals surface area contributed by atoms with Crippen LogP contribution in [-0.4, -0.2) is 17.5 Å².